The maximum atomic E-state index is 12.8. The van der Waals surface area contributed by atoms with Gasteiger partial charge in [0.1, 0.15) is 5.76 Å². The van der Waals surface area contributed by atoms with Crippen LogP contribution in [0.2, 0.25) is 0 Å². The van der Waals surface area contributed by atoms with Crippen LogP contribution in [-0.2, 0) is 19.4 Å². The van der Waals surface area contributed by atoms with Gasteiger partial charge in [-0.2, -0.15) is 4.98 Å². The second-order valence-electron chi connectivity index (χ2n) is 5.90. The van der Waals surface area contributed by atoms with Gasteiger partial charge in [-0.1, -0.05) is 10.3 Å². The van der Waals surface area contributed by atoms with Gasteiger partial charge in [-0.3, -0.25) is 4.79 Å². The third-order valence-electron chi connectivity index (χ3n) is 3.92. The largest absolute Gasteiger partial charge is 0.360 e. The molecule has 7 heteroatoms. The zero-order valence-corrected chi connectivity index (χ0v) is 13.1. The van der Waals surface area contributed by atoms with Crippen molar-refractivity contribution in [1.82, 2.24) is 20.2 Å². The molecule has 0 aliphatic heterocycles. The van der Waals surface area contributed by atoms with Crippen LogP contribution in [0, 0.1) is 6.92 Å². The van der Waals surface area contributed by atoms with Crippen LogP contribution < -0.4 is 0 Å². The number of hydrogen-bond acceptors (Lipinski definition) is 6. The minimum Gasteiger partial charge on any atom is -0.360 e. The molecule has 7 nitrogen and oxygen atoms in total. The highest BCUT2D eigenvalue weighted by Crippen LogP contribution is 2.25. The summed E-state index contributed by atoms with van der Waals surface area (Å²) >= 11 is 0. The molecule has 0 N–H and O–H groups in total. The zero-order chi connectivity index (χ0) is 15.7. The van der Waals surface area contributed by atoms with E-state index in [-0.39, 0.29) is 11.9 Å². The molecule has 0 bridgehead atoms. The van der Waals surface area contributed by atoms with E-state index in [2.05, 4.69) is 15.3 Å². The van der Waals surface area contributed by atoms with Crippen LogP contribution in [0.4, 0.5) is 0 Å². The maximum Gasteiger partial charge on any atom is 0.276 e. The van der Waals surface area contributed by atoms with Gasteiger partial charge in [0.25, 0.3) is 5.91 Å². The minimum atomic E-state index is -0.135. The highest BCUT2D eigenvalue weighted by molar-refractivity contribution is 5.94. The molecule has 2 heterocycles. The molecule has 0 aromatic carbocycles. The topological polar surface area (TPSA) is 85.3 Å². The summed E-state index contributed by atoms with van der Waals surface area (Å²) in [5, 5.41) is 7.88. The molecule has 0 saturated heterocycles. The summed E-state index contributed by atoms with van der Waals surface area (Å²) in [4.78, 5) is 18.7. The molecule has 1 aliphatic rings. The van der Waals surface area contributed by atoms with Crippen molar-refractivity contribution in [2.45, 2.75) is 59.0 Å². The van der Waals surface area contributed by atoms with E-state index < -0.39 is 0 Å². The van der Waals surface area contributed by atoms with Crippen molar-refractivity contribution in [2.24, 2.45) is 0 Å². The summed E-state index contributed by atoms with van der Waals surface area (Å²) in [6.45, 7) is 5.94. The molecule has 0 atom stereocenters. The standard InChI is InChI=1S/C15H20N4O3/c1-9(2)19(8-13-16-10(3)21-17-13)15(20)14-11-6-4-5-7-12(11)22-18-14/h9H,4-8H2,1-3H3. The lowest BCUT2D eigenvalue weighted by Gasteiger charge is -2.24. The third kappa shape index (κ3) is 2.75. The first kappa shape index (κ1) is 14.7. The molecule has 0 unspecified atom stereocenters. The number of rotatable bonds is 4. The molecule has 3 rings (SSSR count). The highest BCUT2D eigenvalue weighted by Gasteiger charge is 2.29. The average Bonchev–Trinajstić information content (AvgIpc) is 3.10. The molecule has 1 amide bonds. The van der Waals surface area contributed by atoms with Crippen LogP contribution in [0.5, 0.6) is 0 Å². The Morgan fingerprint density at radius 2 is 2.00 bits per heavy atom. The summed E-state index contributed by atoms with van der Waals surface area (Å²) < 4.78 is 10.3. The number of carbonyl (C=O) groups is 1. The van der Waals surface area contributed by atoms with Gasteiger partial charge in [-0.25, -0.2) is 0 Å². The molecular formula is C15H20N4O3. The maximum absolute atomic E-state index is 12.8. The second-order valence-corrected chi connectivity index (χ2v) is 5.90. The van der Waals surface area contributed by atoms with Gasteiger partial charge in [0, 0.05) is 24.9 Å². The predicted molar refractivity (Wildman–Crippen MR) is 77.2 cm³/mol. The Bertz CT molecular complexity index is 674. The third-order valence-corrected chi connectivity index (χ3v) is 3.92. The Balaban J connectivity index is 1.85. The van der Waals surface area contributed by atoms with Crippen molar-refractivity contribution in [1.29, 1.82) is 0 Å². The Labute approximate surface area is 128 Å². The van der Waals surface area contributed by atoms with Crippen LogP contribution in [-0.4, -0.2) is 32.1 Å². The van der Waals surface area contributed by atoms with E-state index in [0.717, 1.165) is 37.0 Å². The summed E-state index contributed by atoms with van der Waals surface area (Å²) in [6.07, 6.45) is 3.88. The Morgan fingerprint density at radius 1 is 1.23 bits per heavy atom. The van der Waals surface area contributed by atoms with Gasteiger partial charge in [-0.05, 0) is 33.1 Å². The molecule has 0 saturated carbocycles. The SMILES string of the molecule is Cc1nc(CN(C(=O)c2noc3c2CCCC3)C(C)C)no1. The summed E-state index contributed by atoms with van der Waals surface area (Å²) in [7, 11) is 0. The monoisotopic (exact) mass is 304 g/mol. The molecular weight excluding hydrogens is 284 g/mol. The Hall–Kier alpha value is -2.18. The lowest BCUT2D eigenvalue weighted by Crippen LogP contribution is -2.37. The summed E-state index contributed by atoms with van der Waals surface area (Å²) in [6, 6.07) is 0.00208. The van der Waals surface area contributed by atoms with Crippen molar-refractivity contribution in [2.75, 3.05) is 0 Å². The first-order chi connectivity index (χ1) is 10.6. The van der Waals surface area contributed by atoms with Gasteiger partial charge in [0.2, 0.25) is 5.89 Å². The molecule has 0 spiro atoms. The minimum absolute atomic E-state index is 0.00208. The number of carbonyl (C=O) groups excluding carboxylic acids is 1. The van der Waals surface area contributed by atoms with E-state index in [9.17, 15) is 4.79 Å². The summed E-state index contributed by atoms with van der Waals surface area (Å²) in [5.74, 6) is 1.71. The number of aromatic nitrogens is 3. The van der Waals surface area contributed by atoms with E-state index in [1.807, 2.05) is 13.8 Å². The van der Waals surface area contributed by atoms with E-state index in [4.69, 9.17) is 9.05 Å². The predicted octanol–water partition coefficient (Wildman–Crippen LogP) is 2.30. The Kier molecular flexibility index (Phi) is 3.96. The van der Waals surface area contributed by atoms with Crippen molar-refractivity contribution in [3.05, 3.63) is 28.7 Å². The van der Waals surface area contributed by atoms with Gasteiger partial charge in [-0.15, -0.1) is 0 Å². The van der Waals surface area contributed by atoms with Crippen LogP contribution in [0.25, 0.3) is 0 Å². The fourth-order valence-electron chi connectivity index (χ4n) is 2.74. The number of aryl methyl sites for hydroxylation is 2. The van der Waals surface area contributed by atoms with E-state index in [1.54, 1.807) is 11.8 Å². The highest BCUT2D eigenvalue weighted by atomic mass is 16.5. The lowest BCUT2D eigenvalue weighted by molar-refractivity contribution is 0.0672. The normalized spacial score (nSPS) is 14.2. The molecule has 0 radical (unpaired) electrons. The molecule has 0 fully saturated rings. The van der Waals surface area contributed by atoms with Gasteiger partial charge in [0.15, 0.2) is 11.5 Å². The zero-order valence-electron chi connectivity index (χ0n) is 13.1. The number of fused-ring (bicyclic) bond motifs is 1. The first-order valence-corrected chi connectivity index (χ1v) is 7.64. The first-order valence-electron chi connectivity index (χ1n) is 7.64. The van der Waals surface area contributed by atoms with Gasteiger partial charge >= 0.3 is 0 Å². The van der Waals surface area contributed by atoms with Crippen molar-refractivity contribution in [3.8, 4) is 0 Å². The fourth-order valence-corrected chi connectivity index (χ4v) is 2.74. The second kappa shape index (κ2) is 5.90. The van der Waals surface area contributed by atoms with Crippen molar-refractivity contribution >= 4 is 5.91 Å². The van der Waals surface area contributed by atoms with Gasteiger partial charge in [0.05, 0.1) is 6.54 Å². The van der Waals surface area contributed by atoms with Crippen LogP contribution >= 0.6 is 0 Å². The average molecular weight is 304 g/mol. The number of nitrogens with zero attached hydrogens (tertiary/aromatic N) is 4. The molecule has 2 aromatic rings. The van der Waals surface area contributed by atoms with E-state index in [0.29, 0.717) is 24.0 Å². The van der Waals surface area contributed by atoms with Crippen molar-refractivity contribution < 1.29 is 13.8 Å². The van der Waals surface area contributed by atoms with E-state index >= 15 is 0 Å². The smallest absolute Gasteiger partial charge is 0.276 e. The van der Waals surface area contributed by atoms with Crippen LogP contribution in [0.3, 0.4) is 0 Å². The molecule has 2 aromatic heterocycles. The van der Waals surface area contributed by atoms with Crippen LogP contribution in [0.1, 0.15) is 60.2 Å². The summed E-state index contributed by atoms with van der Waals surface area (Å²) in [5.41, 5.74) is 1.40. The van der Waals surface area contributed by atoms with Gasteiger partial charge < -0.3 is 13.9 Å². The Morgan fingerprint density at radius 3 is 2.68 bits per heavy atom. The quantitative estimate of drug-likeness (QED) is 0.861. The fraction of sp³-hybridized carbons (Fsp3) is 0.600. The molecule has 118 valence electrons. The van der Waals surface area contributed by atoms with Crippen molar-refractivity contribution in [3.63, 3.8) is 0 Å². The molecule has 1 aliphatic carbocycles. The van der Waals surface area contributed by atoms with E-state index in [1.165, 1.54) is 0 Å². The molecule has 22 heavy (non-hydrogen) atoms. The number of amides is 1. The number of hydrogen-bond donors (Lipinski definition) is 0. The lowest BCUT2D eigenvalue weighted by atomic mass is 9.96. The van der Waals surface area contributed by atoms with Crippen LogP contribution in [0.15, 0.2) is 9.05 Å².